The summed E-state index contributed by atoms with van der Waals surface area (Å²) in [7, 11) is 0. The lowest BCUT2D eigenvalue weighted by Gasteiger charge is -2.18. The van der Waals surface area contributed by atoms with E-state index in [0.717, 1.165) is 13.1 Å². The van der Waals surface area contributed by atoms with Crippen LogP contribution in [0.5, 0.6) is 11.5 Å². The molecule has 0 saturated carbocycles. The molecule has 1 aliphatic rings. The van der Waals surface area contributed by atoms with E-state index in [1.165, 1.54) is 12.4 Å². The van der Waals surface area contributed by atoms with Crippen LogP contribution in [0.3, 0.4) is 0 Å². The van der Waals surface area contributed by atoms with Gasteiger partial charge in [0.15, 0.2) is 11.5 Å². The predicted molar refractivity (Wildman–Crippen MR) is 86.1 cm³/mol. The lowest BCUT2D eigenvalue weighted by Crippen LogP contribution is -2.24. The summed E-state index contributed by atoms with van der Waals surface area (Å²) in [6.45, 7) is 5.91. The minimum Gasteiger partial charge on any atom is -0.454 e. The Morgan fingerprint density at radius 1 is 1.17 bits per heavy atom. The summed E-state index contributed by atoms with van der Waals surface area (Å²) in [5.41, 5.74) is 1.03. The molecule has 1 amide bonds. The molecule has 0 atom stereocenters. The summed E-state index contributed by atoms with van der Waals surface area (Å²) < 4.78 is 10.5. The number of ether oxygens (including phenoxy) is 2. The maximum atomic E-state index is 12.3. The quantitative estimate of drug-likeness (QED) is 0.912. The average Bonchev–Trinajstić information content (AvgIpc) is 3.04. The number of hydrogen-bond donors (Lipinski definition) is 1. The molecule has 2 aromatic rings. The lowest BCUT2D eigenvalue weighted by atomic mass is 10.2. The molecule has 0 saturated heterocycles. The van der Waals surface area contributed by atoms with E-state index in [1.54, 1.807) is 18.2 Å². The van der Waals surface area contributed by atoms with Gasteiger partial charge in [0.05, 0.1) is 5.56 Å². The minimum absolute atomic E-state index is 0.202. The molecule has 0 bridgehead atoms. The van der Waals surface area contributed by atoms with Crippen LogP contribution in [0.2, 0.25) is 0 Å². The first-order chi connectivity index (χ1) is 11.2. The maximum Gasteiger partial charge on any atom is 0.258 e. The second-order valence-electron chi connectivity index (χ2n) is 4.97. The van der Waals surface area contributed by atoms with E-state index in [0.29, 0.717) is 28.7 Å². The van der Waals surface area contributed by atoms with Gasteiger partial charge in [-0.05, 0) is 26.0 Å². The van der Waals surface area contributed by atoms with Gasteiger partial charge in [-0.1, -0.05) is 0 Å². The summed E-state index contributed by atoms with van der Waals surface area (Å²) in [6, 6.07) is 5.25. The standard InChI is InChI=1S/C16H18N4O3/c1-3-20(4-2)16-17-8-11(9-18-16)15(21)19-12-5-6-13-14(7-12)23-10-22-13/h5-9H,3-4,10H2,1-2H3,(H,19,21). The average molecular weight is 314 g/mol. The Morgan fingerprint density at radius 3 is 2.57 bits per heavy atom. The second-order valence-corrected chi connectivity index (χ2v) is 4.97. The van der Waals surface area contributed by atoms with E-state index in [1.807, 2.05) is 18.7 Å². The van der Waals surface area contributed by atoms with Crippen molar-refractivity contribution in [2.75, 3.05) is 30.1 Å². The number of rotatable bonds is 5. The van der Waals surface area contributed by atoms with Gasteiger partial charge in [0.1, 0.15) is 0 Å². The van der Waals surface area contributed by atoms with Crippen molar-refractivity contribution in [3.8, 4) is 11.5 Å². The molecular formula is C16H18N4O3. The highest BCUT2D eigenvalue weighted by Crippen LogP contribution is 2.34. The van der Waals surface area contributed by atoms with Crippen LogP contribution in [0, 0.1) is 0 Å². The third-order valence-corrected chi connectivity index (χ3v) is 3.58. The van der Waals surface area contributed by atoms with Crippen LogP contribution < -0.4 is 19.7 Å². The van der Waals surface area contributed by atoms with Gasteiger partial charge >= 0.3 is 0 Å². The van der Waals surface area contributed by atoms with Crippen molar-refractivity contribution in [1.82, 2.24) is 9.97 Å². The Kier molecular flexibility index (Phi) is 4.27. The molecule has 2 heterocycles. The van der Waals surface area contributed by atoms with Gasteiger partial charge in [-0.25, -0.2) is 9.97 Å². The van der Waals surface area contributed by atoms with Crippen LogP contribution in [-0.2, 0) is 0 Å². The number of amides is 1. The van der Waals surface area contributed by atoms with Gasteiger partial charge < -0.3 is 19.7 Å². The van der Waals surface area contributed by atoms with E-state index < -0.39 is 0 Å². The fourth-order valence-corrected chi connectivity index (χ4v) is 2.29. The normalized spacial score (nSPS) is 12.1. The van der Waals surface area contributed by atoms with Crippen molar-refractivity contribution in [3.63, 3.8) is 0 Å². The van der Waals surface area contributed by atoms with Crippen molar-refractivity contribution in [3.05, 3.63) is 36.2 Å². The molecule has 0 radical (unpaired) electrons. The topological polar surface area (TPSA) is 76.6 Å². The SMILES string of the molecule is CCN(CC)c1ncc(C(=O)Nc2ccc3c(c2)OCO3)cn1. The molecule has 120 valence electrons. The molecule has 1 N–H and O–H groups in total. The molecule has 23 heavy (non-hydrogen) atoms. The van der Waals surface area contributed by atoms with Crippen LogP contribution in [-0.4, -0.2) is 35.8 Å². The fourth-order valence-electron chi connectivity index (χ4n) is 2.29. The Morgan fingerprint density at radius 2 is 1.87 bits per heavy atom. The first-order valence-electron chi connectivity index (χ1n) is 7.49. The van der Waals surface area contributed by atoms with Gasteiger partial charge in [-0.15, -0.1) is 0 Å². The zero-order chi connectivity index (χ0) is 16.2. The van der Waals surface area contributed by atoms with Crippen molar-refractivity contribution in [1.29, 1.82) is 0 Å². The van der Waals surface area contributed by atoms with E-state index in [4.69, 9.17) is 9.47 Å². The minimum atomic E-state index is -0.269. The van der Waals surface area contributed by atoms with E-state index >= 15 is 0 Å². The van der Waals surface area contributed by atoms with Crippen LogP contribution in [0.1, 0.15) is 24.2 Å². The summed E-state index contributed by atoms with van der Waals surface area (Å²) in [5, 5.41) is 2.80. The molecule has 1 aromatic heterocycles. The molecule has 1 aliphatic heterocycles. The molecular weight excluding hydrogens is 296 g/mol. The number of nitrogens with one attached hydrogen (secondary N) is 1. The largest absolute Gasteiger partial charge is 0.454 e. The number of fused-ring (bicyclic) bond motifs is 1. The Balaban J connectivity index is 1.71. The monoisotopic (exact) mass is 314 g/mol. The van der Waals surface area contributed by atoms with Gasteiger partial charge in [0.2, 0.25) is 12.7 Å². The molecule has 0 fully saturated rings. The Labute approximate surface area is 134 Å². The third kappa shape index (κ3) is 3.18. The van der Waals surface area contributed by atoms with E-state index in [2.05, 4.69) is 15.3 Å². The zero-order valence-corrected chi connectivity index (χ0v) is 13.1. The zero-order valence-electron chi connectivity index (χ0n) is 13.1. The van der Waals surface area contributed by atoms with Crippen LogP contribution >= 0.6 is 0 Å². The highest BCUT2D eigenvalue weighted by atomic mass is 16.7. The molecule has 0 spiro atoms. The number of hydrogen-bond acceptors (Lipinski definition) is 6. The van der Waals surface area contributed by atoms with Crippen molar-refractivity contribution in [2.45, 2.75) is 13.8 Å². The Hall–Kier alpha value is -2.83. The molecule has 0 aliphatic carbocycles. The highest BCUT2D eigenvalue weighted by molar-refractivity contribution is 6.04. The van der Waals surface area contributed by atoms with Crippen molar-refractivity contribution >= 4 is 17.5 Å². The van der Waals surface area contributed by atoms with Crippen LogP contribution in [0.15, 0.2) is 30.6 Å². The number of carbonyl (C=O) groups is 1. The smallest absolute Gasteiger partial charge is 0.258 e. The number of aromatic nitrogens is 2. The van der Waals surface area contributed by atoms with Gasteiger partial charge in [0.25, 0.3) is 5.91 Å². The number of carbonyl (C=O) groups excluding carboxylic acids is 1. The number of benzene rings is 1. The maximum absolute atomic E-state index is 12.3. The highest BCUT2D eigenvalue weighted by Gasteiger charge is 2.15. The lowest BCUT2D eigenvalue weighted by molar-refractivity contribution is 0.102. The molecule has 1 aromatic carbocycles. The summed E-state index contributed by atoms with van der Waals surface area (Å²) in [6.07, 6.45) is 3.06. The summed E-state index contributed by atoms with van der Waals surface area (Å²) in [4.78, 5) is 22.8. The summed E-state index contributed by atoms with van der Waals surface area (Å²) in [5.74, 6) is 1.65. The molecule has 7 nitrogen and oxygen atoms in total. The van der Waals surface area contributed by atoms with Gasteiger partial charge in [-0.3, -0.25) is 4.79 Å². The fraction of sp³-hybridized carbons (Fsp3) is 0.312. The van der Waals surface area contributed by atoms with Crippen molar-refractivity contribution in [2.24, 2.45) is 0 Å². The van der Waals surface area contributed by atoms with Crippen LogP contribution in [0.25, 0.3) is 0 Å². The predicted octanol–water partition coefficient (Wildman–Crippen LogP) is 2.30. The first-order valence-corrected chi connectivity index (χ1v) is 7.49. The number of nitrogens with zero attached hydrogens (tertiary/aromatic N) is 3. The second kappa shape index (κ2) is 6.51. The number of anilines is 2. The van der Waals surface area contributed by atoms with Gasteiger partial charge in [0, 0.05) is 37.2 Å². The molecule has 7 heteroatoms. The third-order valence-electron chi connectivity index (χ3n) is 3.58. The molecule has 3 rings (SSSR count). The first kappa shape index (κ1) is 15.1. The molecule has 0 unspecified atom stereocenters. The van der Waals surface area contributed by atoms with Gasteiger partial charge in [-0.2, -0.15) is 0 Å². The van der Waals surface area contributed by atoms with Crippen molar-refractivity contribution < 1.29 is 14.3 Å². The van der Waals surface area contributed by atoms with E-state index in [-0.39, 0.29) is 12.7 Å². The van der Waals surface area contributed by atoms with Crippen LogP contribution in [0.4, 0.5) is 11.6 Å². The van der Waals surface area contributed by atoms with E-state index in [9.17, 15) is 4.79 Å². The Bertz CT molecular complexity index is 699. The summed E-state index contributed by atoms with van der Waals surface area (Å²) >= 11 is 0.